The van der Waals surface area contributed by atoms with E-state index in [0.717, 1.165) is 18.0 Å². The van der Waals surface area contributed by atoms with E-state index in [0.29, 0.717) is 12.3 Å². The molecule has 1 aromatic rings. The van der Waals surface area contributed by atoms with Gasteiger partial charge in [-0.15, -0.1) is 0 Å². The number of anilines is 1. The first-order valence-electron chi connectivity index (χ1n) is 5.18. The molecular formula is C12H15NOS. The topological polar surface area (TPSA) is 20.3 Å². The monoisotopic (exact) mass is 221 g/mol. The van der Waals surface area contributed by atoms with Crippen LogP contribution in [0, 0.1) is 12.8 Å². The van der Waals surface area contributed by atoms with Gasteiger partial charge in [0.1, 0.15) is 0 Å². The summed E-state index contributed by atoms with van der Waals surface area (Å²) in [5.74, 6) is 1.41. The van der Waals surface area contributed by atoms with Crippen LogP contribution in [-0.2, 0) is 4.79 Å². The third kappa shape index (κ3) is 2.17. The van der Waals surface area contributed by atoms with Crippen molar-refractivity contribution in [3.8, 4) is 0 Å². The van der Waals surface area contributed by atoms with Crippen LogP contribution in [0.4, 0.5) is 5.69 Å². The average Bonchev–Trinajstić information content (AvgIpc) is 2.60. The molecule has 1 aliphatic heterocycles. The van der Waals surface area contributed by atoms with Crippen molar-refractivity contribution in [2.45, 2.75) is 13.3 Å². The van der Waals surface area contributed by atoms with Gasteiger partial charge in [-0.05, 0) is 36.3 Å². The Morgan fingerprint density at radius 2 is 2.33 bits per heavy atom. The van der Waals surface area contributed by atoms with Crippen LogP contribution in [0.3, 0.4) is 0 Å². The molecule has 1 aromatic carbocycles. The van der Waals surface area contributed by atoms with Crippen molar-refractivity contribution in [1.29, 1.82) is 0 Å². The van der Waals surface area contributed by atoms with Crippen molar-refractivity contribution in [2.24, 2.45) is 5.92 Å². The van der Waals surface area contributed by atoms with Gasteiger partial charge in [0.25, 0.3) is 0 Å². The second-order valence-corrected chi connectivity index (χ2v) is 4.46. The molecule has 0 saturated carbocycles. The van der Waals surface area contributed by atoms with E-state index in [2.05, 4.69) is 18.7 Å². The molecule has 0 aliphatic carbocycles. The summed E-state index contributed by atoms with van der Waals surface area (Å²) < 4.78 is 0. The number of aryl methyl sites for hydroxylation is 1. The number of carbonyl (C=O) groups is 1. The molecule has 1 fully saturated rings. The third-order valence-electron chi connectivity index (χ3n) is 2.78. The number of carbonyl (C=O) groups excluding carboxylic acids is 1. The molecule has 2 nitrogen and oxygen atoms in total. The summed E-state index contributed by atoms with van der Waals surface area (Å²) in [6.45, 7) is 2.85. The first-order chi connectivity index (χ1) is 7.20. The quantitative estimate of drug-likeness (QED) is 0.760. The van der Waals surface area contributed by atoms with E-state index in [1.807, 2.05) is 30.0 Å². The largest absolute Gasteiger partial charge is 0.312 e. The van der Waals surface area contributed by atoms with Crippen LogP contribution < -0.4 is 4.90 Å². The van der Waals surface area contributed by atoms with E-state index < -0.39 is 0 Å². The molecule has 1 atom stereocenters. The SMILES string of the molecule is Cc1cccc(N2CC(CS)CC2=O)c1. The fourth-order valence-corrected chi connectivity index (χ4v) is 2.19. The molecule has 1 heterocycles. The second kappa shape index (κ2) is 4.27. The maximum absolute atomic E-state index is 11.7. The van der Waals surface area contributed by atoms with Crippen LogP contribution in [0.1, 0.15) is 12.0 Å². The van der Waals surface area contributed by atoms with Crippen molar-refractivity contribution in [3.63, 3.8) is 0 Å². The van der Waals surface area contributed by atoms with Crippen LogP contribution in [0.2, 0.25) is 0 Å². The Morgan fingerprint density at radius 3 is 2.93 bits per heavy atom. The number of nitrogens with zero attached hydrogens (tertiary/aromatic N) is 1. The molecule has 0 bridgehead atoms. The summed E-state index contributed by atoms with van der Waals surface area (Å²) in [7, 11) is 0. The highest BCUT2D eigenvalue weighted by atomic mass is 32.1. The number of hydrogen-bond donors (Lipinski definition) is 1. The Hall–Kier alpha value is -0.960. The standard InChI is InChI=1S/C12H15NOS/c1-9-3-2-4-11(5-9)13-7-10(8-15)6-12(13)14/h2-5,10,15H,6-8H2,1H3. The number of thiol groups is 1. The molecule has 1 amide bonds. The summed E-state index contributed by atoms with van der Waals surface area (Å²) >= 11 is 4.25. The van der Waals surface area contributed by atoms with Crippen molar-refractivity contribution in [3.05, 3.63) is 29.8 Å². The second-order valence-electron chi connectivity index (χ2n) is 4.10. The van der Waals surface area contributed by atoms with Crippen LogP contribution in [0.5, 0.6) is 0 Å². The maximum Gasteiger partial charge on any atom is 0.227 e. The van der Waals surface area contributed by atoms with E-state index in [9.17, 15) is 4.79 Å². The Bertz CT molecular complexity index is 378. The minimum atomic E-state index is 0.222. The zero-order valence-electron chi connectivity index (χ0n) is 8.81. The molecule has 2 rings (SSSR count). The van der Waals surface area contributed by atoms with Crippen molar-refractivity contribution in [2.75, 3.05) is 17.2 Å². The smallest absolute Gasteiger partial charge is 0.227 e. The molecule has 1 unspecified atom stereocenters. The van der Waals surface area contributed by atoms with Gasteiger partial charge < -0.3 is 4.90 Å². The van der Waals surface area contributed by atoms with Gasteiger partial charge in [0, 0.05) is 18.7 Å². The van der Waals surface area contributed by atoms with Crippen LogP contribution >= 0.6 is 12.6 Å². The lowest BCUT2D eigenvalue weighted by Crippen LogP contribution is -2.24. The van der Waals surface area contributed by atoms with Crippen molar-refractivity contribution >= 4 is 24.2 Å². The minimum absolute atomic E-state index is 0.222. The normalized spacial score (nSPS) is 21.1. The number of rotatable bonds is 2. The summed E-state index contributed by atoms with van der Waals surface area (Å²) in [5, 5.41) is 0. The molecule has 0 N–H and O–H groups in total. The summed E-state index contributed by atoms with van der Waals surface area (Å²) in [5.41, 5.74) is 2.21. The van der Waals surface area contributed by atoms with Crippen LogP contribution in [0.15, 0.2) is 24.3 Å². The summed E-state index contributed by atoms with van der Waals surface area (Å²) in [6.07, 6.45) is 0.636. The molecule has 80 valence electrons. The zero-order chi connectivity index (χ0) is 10.8. The van der Waals surface area contributed by atoms with Gasteiger partial charge in [0.2, 0.25) is 5.91 Å². The third-order valence-corrected chi connectivity index (χ3v) is 3.29. The minimum Gasteiger partial charge on any atom is -0.312 e. The van der Waals surface area contributed by atoms with Gasteiger partial charge in [0.15, 0.2) is 0 Å². The summed E-state index contributed by atoms with van der Waals surface area (Å²) in [6, 6.07) is 8.08. The number of benzene rings is 1. The average molecular weight is 221 g/mol. The lowest BCUT2D eigenvalue weighted by atomic mass is 10.1. The van der Waals surface area contributed by atoms with Gasteiger partial charge in [-0.3, -0.25) is 4.79 Å². The van der Waals surface area contributed by atoms with Gasteiger partial charge in [-0.1, -0.05) is 12.1 Å². The predicted molar refractivity (Wildman–Crippen MR) is 65.5 cm³/mol. The van der Waals surface area contributed by atoms with E-state index in [-0.39, 0.29) is 5.91 Å². The lowest BCUT2D eigenvalue weighted by molar-refractivity contribution is -0.117. The van der Waals surface area contributed by atoms with Crippen LogP contribution in [0.25, 0.3) is 0 Å². The van der Waals surface area contributed by atoms with E-state index in [4.69, 9.17) is 0 Å². The van der Waals surface area contributed by atoms with Crippen LogP contribution in [-0.4, -0.2) is 18.2 Å². The Labute approximate surface area is 95.7 Å². The van der Waals surface area contributed by atoms with Gasteiger partial charge in [0.05, 0.1) is 0 Å². The Kier molecular flexibility index (Phi) is 3.00. The fraction of sp³-hybridized carbons (Fsp3) is 0.417. The summed E-state index contributed by atoms with van der Waals surface area (Å²) in [4.78, 5) is 13.6. The molecule has 15 heavy (non-hydrogen) atoms. The molecule has 3 heteroatoms. The Balaban J connectivity index is 2.21. The fourth-order valence-electron chi connectivity index (χ4n) is 1.95. The van der Waals surface area contributed by atoms with Crippen molar-refractivity contribution < 1.29 is 4.79 Å². The number of hydrogen-bond acceptors (Lipinski definition) is 2. The molecule has 0 spiro atoms. The Morgan fingerprint density at radius 1 is 1.53 bits per heavy atom. The first kappa shape index (κ1) is 10.6. The number of amides is 1. The van der Waals surface area contributed by atoms with Gasteiger partial charge in [-0.2, -0.15) is 12.6 Å². The highest BCUT2D eigenvalue weighted by Gasteiger charge is 2.29. The van der Waals surface area contributed by atoms with Crippen molar-refractivity contribution in [1.82, 2.24) is 0 Å². The van der Waals surface area contributed by atoms with Gasteiger partial charge in [-0.25, -0.2) is 0 Å². The molecule has 0 radical (unpaired) electrons. The molecule has 1 saturated heterocycles. The van der Waals surface area contributed by atoms with E-state index in [1.54, 1.807) is 0 Å². The highest BCUT2D eigenvalue weighted by Crippen LogP contribution is 2.25. The maximum atomic E-state index is 11.7. The zero-order valence-corrected chi connectivity index (χ0v) is 9.71. The van der Waals surface area contributed by atoms with E-state index in [1.165, 1.54) is 5.56 Å². The van der Waals surface area contributed by atoms with E-state index >= 15 is 0 Å². The molecular weight excluding hydrogens is 206 g/mol. The van der Waals surface area contributed by atoms with Gasteiger partial charge >= 0.3 is 0 Å². The molecule has 0 aromatic heterocycles. The molecule has 1 aliphatic rings. The lowest BCUT2D eigenvalue weighted by Gasteiger charge is -2.16. The first-order valence-corrected chi connectivity index (χ1v) is 5.82. The predicted octanol–water partition coefficient (Wildman–Crippen LogP) is 2.28. The highest BCUT2D eigenvalue weighted by molar-refractivity contribution is 7.80.